The molecule has 1 aliphatic rings. The number of benzene rings is 1. The standard InChI is InChI=1S/C18H20N4OS/c1-12-2-3-15-14(10-12)17(21-24-15)18(23)22-8-4-13(5-9-22)11-16-19-6-7-20-16/h2-3,6-7,10,13H,4-5,8-9,11H2,1H3,(H,19,20). The number of carbonyl (C=O) groups excluding carboxylic acids is 1. The van der Waals surface area contributed by atoms with Crippen LogP contribution in [0.4, 0.5) is 0 Å². The normalized spacial score (nSPS) is 16.0. The summed E-state index contributed by atoms with van der Waals surface area (Å²) in [6, 6.07) is 6.18. The zero-order valence-electron chi connectivity index (χ0n) is 13.7. The maximum atomic E-state index is 12.9. The molecule has 1 saturated heterocycles. The maximum absolute atomic E-state index is 12.9. The van der Waals surface area contributed by atoms with Gasteiger partial charge in [-0.3, -0.25) is 4.79 Å². The minimum absolute atomic E-state index is 0.0725. The Labute approximate surface area is 144 Å². The number of piperidine rings is 1. The number of fused-ring (bicyclic) bond motifs is 1. The molecule has 0 atom stereocenters. The van der Waals surface area contributed by atoms with Gasteiger partial charge in [0.15, 0.2) is 0 Å². The van der Waals surface area contributed by atoms with Gasteiger partial charge in [-0.1, -0.05) is 11.6 Å². The van der Waals surface area contributed by atoms with Gasteiger partial charge in [0.05, 0.1) is 4.70 Å². The minimum atomic E-state index is 0.0725. The van der Waals surface area contributed by atoms with E-state index in [-0.39, 0.29) is 5.91 Å². The molecule has 0 aliphatic carbocycles. The highest BCUT2D eigenvalue weighted by molar-refractivity contribution is 7.13. The fourth-order valence-corrected chi connectivity index (χ4v) is 4.13. The third-order valence-electron chi connectivity index (χ3n) is 4.77. The fraction of sp³-hybridized carbons (Fsp3) is 0.389. The van der Waals surface area contributed by atoms with Gasteiger partial charge in [-0.05, 0) is 49.3 Å². The Hall–Kier alpha value is -2.21. The predicted molar refractivity (Wildman–Crippen MR) is 95.3 cm³/mol. The van der Waals surface area contributed by atoms with Crippen LogP contribution in [-0.2, 0) is 6.42 Å². The molecule has 0 saturated carbocycles. The van der Waals surface area contributed by atoms with Gasteiger partial charge in [0, 0.05) is 37.3 Å². The minimum Gasteiger partial charge on any atom is -0.349 e. The molecule has 1 amide bonds. The lowest BCUT2D eigenvalue weighted by Gasteiger charge is -2.31. The van der Waals surface area contributed by atoms with E-state index in [0.717, 1.165) is 53.8 Å². The molecule has 0 unspecified atom stereocenters. The van der Waals surface area contributed by atoms with Crippen molar-refractivity contribution in [1.82, 2.24) is 19.2 Å². The summed E-state index contributed by atoms with van der Waals surface area (Å²) >= 11 is 1.41. The van der Waals surface area contributed by atoms with Crippen LogP contribution in [0.1, 0.15) is 34.7 Å². The number of aromatic amines is 1. The molecular formula is C18H20N4OS. The molecule has 0 radical (unpaired) electrons. The van der Waals surface area contributed by atoms with E-state index in [0.29, 0.717) is 11.6 Å². The molecule has 5 nitrogen and oxygen atoms in total. The molecule has 3 aromatic rings. The van der Waals surface area contributed by atoms with Gasteiger partial charge in [-0.25, -0.2) is 4.98 Å². The van der Waals surface area contributed by atoms with Crippen LogP contribution in [0.2, 0.25) is 0 Å². The first-order chi connectivity index (χ1) is 11.7. The average Bonchev–Trinajstić information content (AvgIpc) is 3.24. The monoisotopic (exact) mass is 340 g/mol. The number of aromatic nitrogens is 3. The molecule has 1 aliphatic heterocycles. The average molecular weight is 340 g/mol. The van der Waals surface area contributed by atoms with Gasteiger partial charge in [-0.15, -0.1) is 0 Å². The second kappa shape index (κ2) is 6.36. The SMILES string of the molecule is Cc1ccc2snc(C(=O)N3CCC(Cc4ncc[nH]4)CC3)c2c1. The summed E-state index contributed by atoms with van der Waals surface area (Å²) < 4.78 is 5.51. The van der Waals surface area contributed by atoms with E-state index >= 15 is 0 Å². The third kappa shape index (κ3) is 2.94. The van der Waals surface area contributed by atoms with E-state index in [1.807, 2.05) is 18.0 Å². The zero-order chi connectivity index (χ0) is 16.5. The topological polar surface area (TPSA) is 61.9 Å². The largest absolute Gasteiger partial charge is 0.349 e. The first kappa shape index (κ1) is 15.3. The summed E-state index contributed by atoms with van der Waals surface area (Å²) in [6.45, 7) is 3.65. The van der Waals surface area contributed by atoms with Crippen LogP contribution in [0.25, 0.3) is 10.1 Å². The quantitative estimate of drug-likeness (QED) is 0.794. The molecular weight excluding hydrogens is 320 g/mol. The Balaban J connectivity index is 1.45. The molecule has 0 spiro atoms. The van der Waals surface area contributed by atoms with Gasteiger partial charge in [0.1, 0.15) is 11.5 Å². The van der Waals surface area contributed by atoms with Gasteiger partial charge < -0.3 is 9.88 Å². The van der Waals surface area contributed by atoms with Gasteiger partial charge in [0.25, 0.3) is 5.91 Å². The first-order valence-electron chi connectivity index (χ1n) is 8.34. The van der Waals surface area contributed by atoms with E-state index in [1.54, 1.807) is 6.20 Å². The molecule has 1 fully saturated rings. The molecule has 4 rings (SSSR count). The van der Waals surface area contributed by atoms with Crippen LogP contribution in [0, 0.1) is 12.8 Å². The van der Waals surface area contributed by atoms with Crippen LogP contribution in [0.15, 0.2) is 30.6 Å². The smallest absolute Gasteiger partial charge is 0.274 e. The van der Waals surface area contributed by atoms with Crippen molar-refractivity contribution in [2.75, 3.05) is 13.1 Å². The second-order valence-corrected chi connectivity index (χ2v) is 7.31. The van der Waals surface area contributed by atoms with Crippen LogP contribution in [0.3, 0.4) is 0 Å². The Morgan fingerprint density at radius 2 is 2.21 bits per heavy atom. The fourth-order valence-electron chi connectivity index (χ4n) is 3.38. The molecule has 24 heavy (non-hydrogen) atoms. The molecule has 124 valence electrons. The summed E-state index contributed by atoms with van der Waals surface area (Å²) in [5.74, 6) is 1.71. The Morgan fingerprint density at radius 1 is 1.38 bits per heavy atom. The molecule has 0 bridgehead atoms. The number of nitrogens with one attached hydrogen (secondary N) is 1. The summed E-state index contributed by atoms with van der Waals surface area (Å²) in [4.78, 5) is 22.3. The van der Waals surface area contributed by atoms with Crippen molar-refractivity contribution in [2.45, 2.75) is 26.2 Å². The molecule has 2 aromatic heterocycles. The summed E-state index contributed by atoms with van der Waals surface area (Å²) in [7, 11) is 0. The summed E-state index contributed by atoms with van der Waals surface area (Å²) in [5, 5.41) is 0.989. The number of amides is 1. The van der Waals surface area contributed by atoms with E-state index in [2.05, 4.69) is 32.5 Å². The maximum Gasteiger partial charge on any atom is 0.274 e. The third-order valence-corrected chi connectivity index (χ3v) is 5.59. The van der Waals surface area contributed by atoms with Crippen molar-refractivity contribution >= 4 is 27.5 Å². The number of hydrogen-bond acceptors (Lipinski definition) is 4. The highest BCUT2D eigenvalue weighted by Gasteiger charge is 2.26. The van der Waals surface area contributed by atoms with Crippen molar-refractivity contribution in [3.05, 3.63) is 47.7 Å². The van der Waals surface area contributed by atoms with Gasteiger partial charge in [0.2, 0.25) is 0 Å². The van der Waals surface area contributed by atoms with Crippen molar-refractivity contribution in [3.63, 3.8) is 0 Å². The number of hydrogen-bond donors (Lipinski definition) is 1. The first-order valence-corrected chi connectivity index (χ1v) is 9.11. The molecule has 3 heterocycles. The highest BCUT2D eigenvalue weighted by atomic mass is 32.1. The van der Waals surface area contributed by atoms with E-state index < -0.39 is 0 Å². The number of carbonyl (C=O) groups is 1. The predicted octanol–water partition coefficient (Wildman–Crippen LogP) is 3.42. The number of H-pyrrole nitrogens is 1. The van der Waals surface area contributed by atoms with E-state index in [9.17, 15) is 4.79 Å². The van der Waals surface area contributed by atoms with Crippen LogP contribution < -0.4 is 0 Å². The lowest BCUT2D eigenvalue weighted by atomic mass is 9.93. The Bertz CT molecular complexity index is 847. The summed E-state index contributed by atoms with van der Waals surface area (Å²) in [6.07, 6.45) is 6.67. The van der Waals surface area contributed by atoms with Crippen LogP contribution in [-0.4, -0.2) is 38.2 Å². The Kier molecular flexibility index (Phi) is 4.06. The number of nitrogens with zero attached hydrogens (tertiary/aromatic N) is 3. The van der Waals surface area contributed by atoms with Crippen molar-refractivity contribution in [2.24, 2.45) is 5.92 Å². The van der Waals surface area contributed by atoms with Crippen LogP contribution >= 0.6 is 11.5 Å². The summed E-state index contributed by atoms with van der Waals surface area (Å²) in [5.41, 5.74) is 1.78. The number of likely N-dealkylation sites (tertiary alicyclic amines) is 1. The van der Waals surface area contributed by atoms with Crippen LogP contribution in [0.5, 0.6) is 0 Å². The highest BCUT2D eigenvalue weighted by Crippen LogP contribution is 2.27. The van der Waals surface area contributed by atoms with E-state index in [4.69, 9.17) is 0 Å². The van der Waals surface area contributed by atoms with E-state index in [1.165, 1.54) is 11.5 Å². The second-order valence-electron chi connectivity index (χ2n) is 6.51. The van der Waals surface area contributed by atoms with Crippen molar-refractivity contribution in [1.29, 1.82) is 0 Å². The Morgan fingerprint density at radius 3 is 2.96 bits per heavy atom. The van der Waals surface area contributed by atoms with Gasteiger partial charge >= 0.3 is 0 Å². The molecule has 6 heteroatoms. The number of aryl methyl sites for hydroxylation is 1. The number of imidazole rings is 1. The molecule has 1 N–H and O–H groups in total. The molecule has 1 aromatic carbocycles. The number of rotatable bonds is 3. The lowest BCUT2D eigenvalue weighted by Crippen LogP contribution is -2.39. The van der Waals surface area contributed by atoms with Crippen molar-refractivity contribution < 1.29 is 4.79 Å². The van der Waals surface area contributed by atoms with Crippen molar-refractivity contribution in [3.8, 4) is 0 Å². The lowest BCUT2D eigenvalue weighted by molar-refractivity contribution is 0.0687. The van der Waals surface area contributed by atoms with Gasteiger partial charge in [-0.2, -0.15) is 4.37 Å². The zero-order valence-corrected chi connectivity index (χ0v) is 14.5.